The fraction of sp³-hybridized carbons (Fsp3) is 0.346. The molecule has 10 N–H and O–H groups in total. The highest BCUT2D eigenvalue weighted by molar-refractivity contribution is 5.92. The lowest BCUT2D eigenvalue weighted by Crippen LogP contribution is -2.34. The third-order valence-electron chi connectivity index (χ3n) is 5.64. The molecule has 2 aromatic rings. The lowest BCUT2D eigenvalue weighted by atomic mass is 10.1. The quantitative estimate of drug-likeness (QED) is 0.0855. The minimum absolute atomic E-state index is 0.0286. The van der Waals surface area contributed by atoms with E-state index in [-0.39, 0.29) is 23.6 Å². The maximum absolute atomic E-state index is 12.8. The van der Waals surface area contributed by atoms with Crippen LogP contribution in [-0.4, -0.2) is 39.9 Å². The van der Waals surface area contributed by atoms with Crippen molar-refractivity contribution in [3.8, 4) is 0 Å². The van der Waals surface area contributed by atoms with Gasteiger partial charge in [-0.05, 0) is 42.5 Å². The number of pyridine rings is 1. The van der Waals surface area contributed by atoms with Crippen LogP contribution in [0.3, 0.4) is 0 Å². The maximum Gasteiger partial charge on any atom is 0.416 e. The summed E-state index contributed by atoms with van der Waals surface area (Å²) < 4.78 is 38.4. The van der Waals surface area contributed by atoms with Gasteiger partial charge in [-0.15, -0.1) is 0 Å². The molecule has 1 heterocycles. The van der Waals surface area contributed by atoms with Gasteiger partial charge in [-0.2, -0.15) is 13.2 Å². The Kier molecular flexibility index (Phi) is 12.2. The van der Waals surface area contributed by atoms with Crippen LogP contribution >= 0.6 is 0 Å². The molecule has 1 aromatic heterocycles. The molecule has 0 saturated carbocycles. The summed E-state index contributed by atoms with van der Waals surface area (Å²) in [6.07, 6.45) is 1.11. The van der Waals surface area contributed by atoms with Crippen LogP contribution in [0.2, 0.25) is 0 Å². The molecule has 40 heavy (non-hydrogen) atoms. The number of hydrazine groups is 2. The van der Waals surface area contributed by atoms with E-state index in [2.05, 4.69) is 22.5 Å². The van der Waals surface area contributed by atoms with Crippen molar-refractivity contribution in [1.29, 1.82) is 0 Å². The second-order valence-corrected chi connectivity index (χ2v) is 8.92. The number of halogens is 3. The number of carbonyl (C=O) groups is 2. The van der Waals surface area contributed by atoms with Gasteiger partial charge >= 0.3 is 6.18 Å². The highest BCUT2D eigenvalue weighted by Gasteiger charge is 2.30. The first kappa shape index (κ1) is 31.9. The van der Waals surface area contributed by atoms with Crippen LogP contribution in [0, 0.1) is 0 Å². The van der Waals surface area contributed by atoms with Crippen LogP contribution in [0.25, 0.3) is 0 Å². The Hall–Kier alpha value is -4.30. The van der Waals surface area contributed by atoms with Crippen LogP contribution in [-0.2, 0) is 35.3 Å². The molecule has 0 aliphatic heterocycles. The number of aromatic nitrogens is 1. The fourth-order valence-electron chi connectivity index (χ4n) is 3.46. The van der Waals surface area contributed by atoms with Gasteiger partial charge < -0.3 is 32.1 Å². The largest absolute Gasteiger partial charge is 0.416 e. The van der Waals surface area contributed by atoms with Gasteiger partial charge in [-0.1, -0.05) is 31.2 Å². The third kappa shape index (κ3) is 11.2. The van der Waals surface area contributed by atoms with Crippen molar-refractivity contribution in [2.24, 2.45) is 23.2 Å². The van der Waals surface area contributed by atoms with E-state index in [1.54, 1.807) is 0 Å². The highest BCUT2D eigenvalue weighted by Crippen LogP contribution is 2.28. The minimum Gasteiger partial charge on any atom is -0.393 e. The smallest absolute Gasteiger partial charge is 0.393 e. The first-order chi connectivity index (χ1) is 18.9. The van der Waals surface area contributed by atoms with E-state index in [4.69, 9.17) is 23.2 Å². The molecule has 2 amide bonds. The van der Waals surface area contributed by atoms with E-state index in [9.17, 15) is 22.8 Å². The molecule has 0 fully saturated rings. The number of unbranched alkanes of at least 4 members (excludes halogenated alkanes) is 1. The summed E-state index contributed by atoms with van der Waals surface area (Å²) in [7, 11) is 0. The molecule has 14 heteroatoms. The van der Waals surface area contributed by atoms with Crippen LogP contribution < -0.4 is 33.8 Å². The highest BCUT2D eigenvalue weighted by atomic mass is 19.4. The number of carbonyl (C=O) groups excluding carboxylic acids is 2. The van der Waals surface area contributed by atoms with E-state index < -0.39 is 23.6 Å². The van der Waals surface area contributed by atoms with Gasteiger partial charge in [-0.25, -0.2) is 11.7 Å². The lowest BCUT2D eigenvalue weighted by molar-refractivity contribution is -0.137. The van der Waals surface area contributed by atoms with Gasteiger partial charge in [0, 0.05) is 38.2 Å². The predicted octanol–water partition coefficient (Wildman–Crippen LogP) is 1.33. The number of alkyl halides is 3. The molecule has 11 nitrogen and oxygen atoms in total. The Bertz CT molecular complexity index is 1200. The average Bonchev–Trinajstić information content (AvgIpc) is 2.92. The van der Waals surface area contributed by atoms with E-state index in [0.29, 0.717) is 32.5 Å². The zero-order valence-electron chi connectivity index (χ0n) is 22.2. The summed E-state index contributed by atoms with van der Waals surface area (Å²) in [5, 5.41) is 7.66. The monoisotopic (exact) mass is 563 g/mol. The second-order valence-electron chi connectivity index (χ2n) is 8.92. The standard InChI is InChI=1S/C26H36F3N9O2/c1-2-18-6-5-7-19(12-18)14-35-24(39)22(30)16-37(32)10-3-4-11-38(33)17-23(31)25(40)36-15-21-13-20(8-9-34-21)26(27,28)29/h5-9,12-13,16-17H,2-4,10-11,14-15,30-33H2,1H3,(H,35,39)(H,36,40)/b22-16-,23-17-. The zero-order valence-corrected chi connectivity index (χ0v) is 22.2. The predicted molar refractivity (Wildman–Crippen MR) is 144 cm³/mol. The van der Waals surface area contributed by atoms with E-state index >= 15 is 0 Å². The van der Waals surface area contributed by atoms with Crippen LogP contribution in [0.1, 0.15) is 42.1 Å². The SMILES string of the molecule is CCc1cccc(CNC(=O)/C(N)=C/N(N)CCCCN(N)/C=C(\N)C(=O)NCc2cc(C(F)(F)F)ccn2)c1. The summed E-state index contributed by atoms with van der Waals surface area (Å²) in [4.78, 5) is 28.2. The van der Waals surface area contributed by atoms with Crippen molar-refractivity contribution in [3.63, 3.8) is 0 Å². The second kappa shape index (κ2) is 15.3. The molecule has 1 aromatic carbocycles. The number of hydrogen-bond donors (Lipinski definition) is 6. The molecule has 0 atom stereocenters. The Labute approximate surface area is 231 Å². The molecule has 218 valence electrons. The van der Waals surface area contributed by atoms with Crippen LogP contribution in [0.15, 0.2) is 66.4 Å². The number of nitrogens with two attached hydrogens (primary N) is 4. The molecular formula is C26H36F3N9O2. The first-order valence-electron chi connectivity index (χ1n) is 12.5. The molecule has 0 radical (unpaired) electrons. The molecule has 0 spiro atoms. The molecule has 2 rings (SSSR count). The lowest BCUT2D eigenvalue weighted by Gasteiger charge is -2.17. The number of aryl methyl sites for hydroxylation is 1. The Morgan fingerprint density at radius 2 is 1.45 bits per heavy atom. The Morgan fingerprint density at radius 1 is 0.900 bits per heavy atom. The van der Waals surface area contributed by atoms with Gasteiger partial charge in [0.15, 0.2) is 0 Å². The van der Waals surface area contributed by atoms with E-state index in [1.165, 1.54) is 28.0 Å². The number of hydrogen-bond acceptors (Lipinski definition) is 9. The maximum atomic E-state index is 12.8. The molecule has 0 aliphatic rings. The first-order valence-corrected chi connectivity index (χ1v) is 12.5. The van der Waals surface area contributed by atoms with Crippen molar-refractivity contribution in [2.45, 2.75) is 45.5 Å². The van der Waals surface area contributed by atoms with Crippen molar-refractivity contribution in [2.75, 3.05) is 13.1 Å². The van der Waals surface area contributed by atoms with E-state index in [0.717, 1.165) is 30.3 Å². The van der Waals surface area contributed by atoms with Crippen molar-refractivity contribution in [3.05, 3.63) is 88.8 Å². The van der Waals surface area contributed by atoms with Gasteiger partial charge in [0.1, 0.15) is 11.4 Å². The Morgan fingerprint density at radius 3 is 2.00 bits per heavy atom. The van der Waals surface area contributed by atoms with Gasteiger partial charge in [0.05, 0.1) is 17.8 Å². The van der Waals surface area contributed by atoms with Gasteiger partial charge in [0.25, 0.3) is 11.8 Å². The summed E-state index contributed by atoms with van der Waals surface area (Å²) >= 11 is 0. The number of rotatable bonds is 14. The van der Waals surface area contributed by atoms with Crippen molar-refractivity contribution >= 4 is 11.8 Å². The summed E-state index contributed by atoms with van der Waals surface area (Å²) in [5.41, 5.74) is 12.6. The van der Waals surface area contributed by atoms with Crippen molar-refractivity contribution < 1.29 is 22.8 Å². The zero-order chi connectivity index (χ0) is 29.7. The summed E-state index contributed by atoms with van der Waals surface area (Å²) in [6, 6.07) is 9.57. The normalized spacial score (nSPS) is 12.2. The number of amides is 2. The third-order valence-corrected chi connectivity index (χ3v) is 5.64. The van der Waals surface area contributed by atoms with E-state index in [1.807, 2.05) is 24.3 Å². The van der Waals surface area contributed by atoms with Crippen molar-refractivity contribution in [1.82, 2.24) is 25.6 Å². The molecule has 0 aliphatic carbocycles. The number of benzene rings is 1. The molecule has 0 saturated heterocycles. The summed E-state index contributed by atoms with van der Waals surface area (Å²) in [6.45, 7) is 2.86. The average molecular weight is 564 g/mol. The van der Waals surface area contributed by atoms with Crippen LogP contribution in [0.4, 0.5) is 13.2 Å². The Balaban J connectivity index is 1.70. The number of nitrogens with zero attached hydrogens (tertiary/aromatic N) is 3. The van der Waals surface area contributed by atoms with Crippen LogP contribution in [0.5, 0.6) is 0 Å². The van der Waals surface area contributed by atoms with Gasteiger partial charge in [-0.3, -0.25) is 14.6 Å². The number of nitrogens with one attached hydrogen (secondary N) is 2. The molecular weight excluding hydrogens is 527 g/mol. The van der Waals surface area contributed by atoms with Gasteiger partial charge in [0.2, 0.25) is 0 Å². The summed E-state index contributed by atoms with van der Waals surface area (Å²) in [5.74, 6) is 10.6. The topological polar surface area (TPSA) is 182 Å². The molecule has 0 unspecified atom stereocenters. The minimum atomic E-state index is -4.51. The fourth-order valence-corrected chi connectivity index (χ4v) is 3.46. The molecule has 0 bridgehead atoms.